The molecule has 1 saturated heterocycles. The third kappa shape index (κ3) is 3.84. The summed E-state index contributed by atoms with van der Waals surface area (Å²) >= 11 is 3.41. The van der Waals surface area contributed by atoms with Crippen molar-refractivity contribution in [1.82, 2.24) is 4.90 Å². The van der Waals surface area contributed by atoms with Crippen LogP contribution in [0, 0.1) is 0 Å². The smallest absolute Gasteiger partial charge is 0.265 e. The fourth-order valence-electron chi connectivity index (χ4n) is 4.07. The van der Waals surface area contributed by atoms with Crippen LogP contribution in [0.4, 0.5) is 5.69 Å². The lowest BCUT2D eigenvalue weighted by atomic mass is 10.0. The minimum absolute atomic E-state index is 0.0282. The topological polar surface area (TPSA) is 68.3 Å². The molecular formula is C22H23BrN2O5. The minimum Gasteiger partial charge on any atom is -0.497 e. The Labute approximate surface area is 183 Å². The van der Waals surface area contributed by atoms with E-state index in [0.717, 1.165) is 28.6 Å². The second-order valence-corrected chi connectivity index (χ2v) is 8.15. The highest BCUT2D eigenvalue weighted by molar-refractivity contribution is 9.10. The molecule has 2 heterocycles. The van der Waals surface area contributed by atoms with E-state index in [9.17, 15) is 9.59 Å². The van der Waals surface area contributed by atoms with Gasteiger partial charge in [-0.2, -0.15) is 0 Å². The van der Waals surface area contributed by atoms with Crippen LogP contribution < -0.4 is 19.1 Å². The van der Waals surface area contributed by atoms with Crippen molar-refractivity contribution in [3.8, 4) is 17.2 Å². The first-order valence-corrected chi connectivity index (χ1v) is 10.5. The molecule has 2 aromatic carbocycles. The van der Waals surface area contributed by atoms with Gasteiger partial charge in [0.25, 0.3) is 5.91 Å². The van der Waals surface area contributed by atoms with Gasteiger partial charge in [-0.15, -0.1) is 0 Å². The highest BCUT2D eigenvalue weighted by Gasteiger charge is 2.35. The van der Waals surface area contributed by atoms with Crippen molar-refractivity contribution in [1.29, 1.82) is 0 Å². The number of nitrogens with zero attached hydrogens (tertiary/aromatic N) is 2. The van der Waals surface area contributed by atoms with Gasteiger partial charge in [-0.3, -0.25) is 14.5 Å². The fourth-order valence-corrected chi connectivity index (χ4v) is 4.41. The molecule has 2 aromatic rings. The third-order valence-electron chi connectivity index (χ3n) is 5.53. The number of carbonyl (C=O) groups is 2. The van der Waals surface area contributed by atoms with E-state index in [1.54, 1.807) is 26.4 Å². The van der Waals surface area contributed by atoms with Gasteiger partial charge in [-0.1, -0.05) is 15.9 Å². The van der Waals surface area contributed by atoms with Crippen molar-refractivity contribution in [2.75, 3.05) is 38.8 Å². The Hall–Kier alpha value is -2.74. The van der Waals surface area contributed by atoms with Crippen molar-refractivity contribution >= 4 is 33.4 Å². The number of carbonyl (C=O) groups excluding carboxylic acids is 2. The van der Waals surface area contributed by atoms with E-state index in [1.165, 1.54) is 4.90 Å². The Morgan fingerprint density at radius 1 is 1.20 bits per heavy atom. The number of benzene rings is 2. The quantitative estimate of drug-likeness (QED) is 0.662. The molecule has 2 amide bonds. The molecule has 1 fully saturated rings. The molecule has 8 heteroatoms. The van der Waals surface area contributed by atoms with Gasteiger partial charge in [0.2, 0.25) is 5.91 Å². The van der Waals surface area contributed by atoms with Crippen LogP contribution in [-0.4, -0.2) is 50.6 Å². The van der Waals surface area contributed by atoms with E-state index in [4.69, 9.17) is 14.2 Å². The third-order valence-corrected chi connectivity index (χ3v) is 6.02. The van der Waals surface area contributed by atoms with Crippen LogP contribution in [0.25, 0.3) is 0 Å². The Morgan fingerprint density at radius 2 is 2.03 bits per heavy atom. The predicted octanol–water partition coefficient (Wildman–Crippen LogP) is 3.56. The summed E-state index contributed by atoms with van der Waals surface area (Å²) in [5.74, 6) is 1.69. The zero-order valence-corrected chi connectivity index (χ0v) is 18.5. The van der Waals surface area contributed by atoms with Crippen LogP contribution in [0.1, 0.15) is 24.4 Å². The van der Waals surface area contributed by atoms with Gasteiger partial charge < -0.3 is 19.1 Å². The van der Waals surface area contributed by atoms with E-state index in [2.05, 4.69) is 15.9 Å². The summed E-state index contributed by atoms with van der Waals surface area (Å²) in [6.07, 6.45) is 1.72. The lowest BCUT2D eigenvalue weighted by molar-refractivity contribution is -0.132. The number of halogens is 1. The molecule has 0 saturated carbocycles. The molecule has 4 rings (SSSR count). The molecule has 0 N–H and O–H groups in total. The average molecular weight is 475 g/mol. The second-order valence-electron chi connectivity index (χ2n) is 7.23. The van der Waals surface area contributed by atoms with Crippen molar-refractivity contribution in [3.05, 3.63) is 46.4 Å². The normalized spacial score (nSPS) is 18.1. The SMILES string of the molecule is COc1ccc(OC)c(C2CCCN2C(=O)CN2C(=O)COc3cc(Br)ccc32)c1. The van der Waals surface area contributed by atoms with Crippen LogP contribution in [0.3, 0.4) is 0 Å². The highest BCUT2D eigenvalue weighted by Crippen LogP contribution is 2.40. The molecule has 2 aliphatic rings. The average Bonchev–Trinajstić information content (AvgIpc) is 3.25. The highest BCUT2D eigenvalue weighted by atomic mass is 79.9. The molecule has 0 aromatic heterocycles. The first-order chi connectivity index (χ1) is 14.5. The van der Waals surface area contributed by atoms with Gasteiger partial charge in [0.05, 0.1) is 25.9 Å². The van der Waals surface area contributed by atoms with Crippen molar-refractivity contribution in [2.24, 2.45) is 0 Å². The van der Waals surface area contributed by atoms with Gasteiger partial charge in [0.15, 0.2) is 6.61 Å². The number of methoxy groups -OCH3 is 2. The summed E-state index contributed by atoms with van der Waals surface area (Å²) in [4.78, 5) is 29.1. The van der Waals surface area contributed by atoms with Crippen molar-refractivity contribution in [3.63, 3.8) is 0 Å². The molecule has 0 aliphatic carbocycles. The van der Waals surface area contributed by atoms with Gasteiger partial charge >= 0.3 is 0 Å². The maximum absolute atomic E-state index is 13.3. The molecule has 2 aliphatic heterocycles. The number of fused-ring (bicyclic) bond motifs is 1. The zero-order valence-electron chi connectivity index (χ0n) is 16.9. The molecule has 0 bridgehead atoms. The van der Waals surface area contributed by atoms with Gasteiger partial charge in [-0.25, -0.2) is 0 Å². The molecule has 0 spiro atoms. The van der Waals surface area contributed by atoms with Crippen LogP contribution in [-0.2, 0) is 9.59 Å². The van der Waals surface area contributed by atoms with E-state index >= 15 is 0 Å². The largest absolute Gasteiger partial charge is 0.497 e. The molecule has 1 unspecified atom stereocenters. The summed E-state index contributed by atoms with van der Waals surface area (Å²) in [7, 11) is 3.23. The van der Waals surface area contributed by atoms with Crippen molar-refractivity contribution < 1.29 is 23.8 Å². The number of rotatable bonds is 5. The molecule has 158 valence electrons. The number of hydrogen-bond acceptors (Lipinski definition) is 5. The first-order valence-electron chi connectivity index (χ1n) is 9.76. The summed E-state index contributed by atoms with van der Waals surface area (Å²) in [5.41, 5.74) is 1.53. The second kappa shape index (κ2) is 8.55. The van der Waals surface area contributed by atoms with Gasteiger partial charge in [-0.05, 0) is 49.2 Å². The Kier molecular flexibility index (Phi) is 5.85. The number of hydrogen-bond donors (Lipinski definition) is 0. The van der Waals surface area contributed by atoms with E-state index in [1.807, 2.05) is 29.2 Å². The lowest BCUT2D eigenvalue weighted by Gasteiger charge is -2.32. The fraction of sp³-hybridized carbons (Fsp3) is 0.364. The zero-order chi connectivity index (χ0) is 21.3. The summed E-state index contributed by atoms with van der Waals surface area (Å²) in [6, 6.07) is 10.9. The Bertz CT molecular complexity index is 980. The van der Waals surface area contributed by atoms with Crippen LogP contribution >= 0.6 is 15.9 Å². The van der Waals surface area contributed by atoms with Crippen LogP contribution in [0.15, 0.2) is 40.9 Å². The predicted molar refractivity (Wildman–Crippen MR) is 115 cm³/mol. The Morgan fingerprint density at radius 3 is 2.80 bits per heavy atom. The number of likely N-dealkylation sites (tertiary alicyclic amines) is 1. The number of amides is 2. The van der Waals surface area contributed by atoms with Crippen molar-refractivity contribution in [2.45, 2.75) is 18.9 Å². The summed E-state index contributed by atoms with van der Waals surface area (Å²) in [5, 5.41) is 0. The van der Waals surface area contributed by atoms with Gasteiger partial charge in [0, 0.05) is 16.6 Å². The molecule has 30 heavy (non-hydrogen) atoms. The molecular weight excluding hydrogens is 452 g/mol. The number of ether oxygens (including phenoxy) is 3. The minimum atomic E-state index is -0.229. The standard InChI is InChI=1S/C22H23BrN2O5/c1-28-15-6-8-19(29-2)16(11-15)17-4-3-9-24(17)21(26)12-25-18-7-5-14(23)10-20(18)30-13-22(25)27/h5-8,10-11,17H,3-4,9,12-13H2,1-2H3. The molecule has 0 radical (unpaired) electrons. The summed E-state index contributed by atoms with van der Waals surface area (Å²) in [6.45, 7) is 0.527. The van der Waals surface area contributed by atoms with Crippen LogP contribution in [0.2, 0.25) is 0 Å². The van der Waals surface area contributed by atoms with Gasteiger partial charge in [0.1, 0.15) is 23.8 Å². The molecule has 1 atom stereocenters. The number of anilines is 1. The van der Waals surface area contributed by atoms with E-state index in [0.29, 0.717) is 23.7 Å². The monoisotopic (exact) mass is 474 g/mol. The first kappa shape index (κ1) is 20.5. The van der Waals surface area contributed by atoms with Crippen LogP contribution in [0.5, 0.6) is 17.2 Å². The molecule has 7 nitrogen and oxygen atoms in total. The summed E-state index contributed by atoms with van der Waals surface area (Å²) < 4.78 is 17.3. The van der Waals surface area contributed by atoms with E-state index in [-0.39, 0.29) is 31.0 Å². The van der Waals surface area contributed by atoms with E-state index < -0.39 is 0 Å². The maximum Gasteiger partial charge on any atom is 0.265 e. The Balaban J connectivity index is 1.59. The maximum atomic E-state index is 13.3. The lowest BCUT2D eigenvalue weighted by Crippen LogP contribution is -2.46.